The SMILES string of the molecule is CC.CC.CCC(CCN)N(CC)CC(=O)NC1=C(C)C=CC2CC12C.[HH]. The molecule has 0 aromatic heterocycles. The van der Waals surface area contributed by atoms with Crippen LogP contribution in [0.25, 0.3) is 0 Å². The second-order valence-corrected chi connectivity index (χ2v) is 6.90. The third-order valence-corrected chi connectivity index (χ3v) is 5.35. The minimum absolute atomic E-state index is 0. The monoisotopic (exact) mass is 367 g/mol. The number of hydrogen-bond donors (Lipinski definition) is 2. The predicted molar refractivity (Wildman–Crippen MR) is 116 cm³/mol. The van der Waals surface area contributed by atoms with Crippen molar-refractivity contribution in [1.82, 2.24) is 10.2 Å². The topological polar surface area (TPSA) is 58.4 Å². The van der Waals surface area contributed by atoms with Gasteiger partial charge in [-0.15, -0.1) is 0 Å². The van der Waals surface area contributed by atoms with Gasteiger partial charge in [-0.25, -0.2) is 0 Å². The lowest BCUT2D eigenvalue weighted by atomic mass is 9.93. The molecule has 1 saturated carbocycles. The van der Waals surface area contributed by atoms with E-state index in [0.29, 0.717) is 25.0 Å². The van der Waals surface area contributed by atoms with Crippen molar-refractivity contribution in [3.63, 3.8) is 0 Å². The van der Waals surface area contributed by atoms with E-state index in [2.05, 4.69) is 50.1 Å². The zero-order valence-corrected chi connectivity index (χ0v) is 18.5. The number of nitrogens with one attached hydrogen (secondary N) is 1. The van der Waals surface area contributed by atoms with Gasteiger partial charge in [0.2, 0.25) is 5.91 Å². The van der Waals surface area contributed by atoms with Gasteiger partial charge in [0.25, 0.3) is 0 Å². The minimum Gasteiger partial charge on any atom is -0.330 e. The number of amides is 1. The van der Waals surface area contributed by atoms with E-state index in [0.717, 1.165) is 31.5 Å². The van der Waals surface area contributed by atoms with Crippen molar-refractivity contribution < 1.29 is 6.22 Å². The number of likely N-dealkylation sites (N-methyl/N-ethyl adjacent to an activating group) is 1. The van der Waals surface area contributed by atoms with Crippen LogP contribution in [0.3, 0.4) is 0 Å². The number of carbonyl (C=O) groups excluding carboxylic acids is 1. The van der Waals surface area contributed by atoms with Gasteiger partial charge < -0.3 is 11.1 Å². The van der Waals surface area contributed by atoms with Gasteiger partial charge >= 0.3 is 0 Å². The fourth-order valence-electron chi connectivity index (χ4n) is 3.70. The summed E-state index contributed by atoms with van der Waals surface area (Å²) >= 11 is 0. The second kappa shape index (κ2) is 12.3. The maximum Gasteiger partial charge on any atom is 0.238 e. The van der Waals surface area contributed by atoms with Crippen LogP contribution in [0, 0.1) is 11.3 Å². The molecule has 0 spiro atoms. The Labute approximate surface area is 163 Å². The first-order valence-corrected chi connectivity index (χ1v) is 10.6. The number of hydrogen-bond acceptors (Lipinski definition) is 3. The van der Waals surface area contributed by atoms with E-state index in [-0.39, 0.29) is 12.7 Å². The Morgan fingerprint density at radius 2 is 2.00 bits per heavy atom. The number of allylic oxidation sites excluding steroid dienone is 4. The number of carbonyl (C=O) groups is 1. The Balaban J connectivity index is 0. The van der Waals surface area contributed by atoms with Gasteiger partial charge in [0.05, 0.1) is 6.54 Å². The van der Waals surface area contributed by atoms with Crippen molar-refractivity contribution in [1.29, 1.82) is 0 Å². The normalized spacial score (nSPS) is 24.0. The molecule has 4 nitrogen and oxygen atoms in total. The van der Waals surface area contributed by atoms with Gasteiger partial charge in [-0.3, -0.25) is 9.69 Å². The summed E-state index contributed by atoms with van der Waals surface area (Å²) in [6.07, 6.45) is 7.55. The summed E-state index contributed by atoms with van der Waals surface area (Å²) in [4.78, 5) is 14.8. The second-order valence-electron chi connectivity index (χ2n) is 6.90. The van der Waals surface area contributed by atoms with Gasteiger partial charge in [-0.1, -0.05) is 60.6 Å². The molecule has 0 radical (unpaired) electrons. The van der Waals surface area contributed by atoms with Crippen molar-refractivity contribution in [2.45, 2.75) is 80.7 Å². The highest BCUT2D eigenvalue weighted by atomic mass is 16.2. The molecule has 3 unspecified atom stereocenters. The zero-order valence-electron chi connectivity index (χ0n) is 18.5. The molecule has 2 aliphatic carbocycles. The molecule has 1 amide bonds. The lowest BCUT2D eigenvalue weighted by molar-refractivity contribution is -0.122. The summed E-state index contributed by atoms with van der Waals surface area (Å²) in [5.74, 6) is 0.711. The third kappa shape index (κ3) is 6.24. The van der Waals surface area contributed by atoms with E-state index in [1.54, 1.807) is 0 Å². The van der Waals surface area contributed by atoms with Crippen LogP contribution in [0.4, 0.5) is 0 Å². The molecule has 4 heteroatoms. The van der Waals surface area contributed by atoms with Crippen molar-refractivity contribution in [3.8, 4) is 0 Å². The molecule has 1 fully saturated rings. The van der Waals surface area contributed by atoms with Crippen molar-refractivity contribution >= 4 is 5.91 Å². The molecular weight excluding hydrogens is 322 g/mol. The summed E-state index contributed by atoms with van der Waals surface area (Å²) in [5, 5.41) is 3.20. The Bertz CT molecular complexity index is 490. The smallest absolute Gasteiger partial charge is 0.238 e. The highest BCUT2D eigenvalue weighted by Gasteiger charge is 2.53. The fraction of sp³-hybridized carbons (Fsp3) is 0.773. The highest BCUT2D eigenvalue weighted by molar-refractivity contribution is 5.80. The maximum atomic E-state index is 12.5. The standard InChI is InChI=1S/C18H31N3O.2C2H6.H2/c1-5-15(9-10-19)21(6-2)12-16(22)20-17-13(3)7-8-14-11-18(14,17)4;2*1-2;/h7-8,14-15H,5-6,9-12,19H2,1-4H3,(H,20,22);2*1-2H3;1H. The summed E-state index contributed by atoms with van der Waals surface area (Å²) in [7, 11) is 0. The average molecular weight is 368 g/mol. The van der Waals surface area contributed by atoms with E-state index in [1.807, 2.05) is 27.7 Å². The molecule has 154 valence electrons. The van der Waals surface area contributed by atoms with Crippen LogP contribution in [0.1, 0.15) is 76.1 Å². The van der Waals surface area contributed by atoms with Gasteiger partial charge in [-0.2, -0.15) is 0 Å². The molecule has 0 aromatic rings. The zero-order chi connectivity index (χ0) is 20.3. The molecule has 0 aliphatic heterocycles. The highest BCUT2D eigenvalue weighted by Crippen LogP contribution is 2.60. The van der Waals surface area contributed by atoms with Crippen molar-refractivity contribution in [3.05, 3.63) is 23.4 Å². The Hall–Kier alpha value is -1.13. The van der Waals surface area contributed by atoms with Gasteiger partial charge in [0, 0.05) is 18.6 Å². The third-order valence-electron chi connectivity index (χ3n) is 5.35. The summed E-state index contributed by atoms with van der Waals surface area (Å²) < 4.78 is 0. The Morgan fingerprint density at radius 3 is 2.50 bits per heavy atom. The Kier molecular flexibility index (Phi) is 11.8. The molecule has 0 heterocycles. The largest absolute Gasteiger partial charge is 0.330 e. The first-order valence-electron chi connectivity index (χ1n) is 10.6. The first-order chi connectivity index (χ1) is 12.5. The number of nitrogens with two attached hydrogens (primary N) is 1. The average Bonchev–Trinajstić information content (AvgIpc) is 3.35. The Morgan fingerprint density at radius 1 is 1.38 bits per heavy atom. The molecule has 2 aliphatic rings. The van der Waals surface area contributed by atoms with E-state index in [1.165, 1.54) is 5.57 Å². The van der Waals surface area contributed by atoms with Crippen molar-refractivity contribution in [2.75, 3.05) is 19.6 Å². The molecule has 0 saturated heterocycles. The van der Waals surface area contributed by atoms with E-state index in [4.69, 9.17) is 5.73 Å². The summed E-state index contributed by atoms with van der Waals surface area (Å²) in [6, 6.07) is 0.395. The quantitative estimate of drug-likeness (QED) is 0.652. The minimum atomic E-state index is 0. The summed E-state index contributed by atoms with van der Waals surface area (Å²) in [6.45, 7) is 18.6. The van der Waals surface area contributed by atoms with Crippen LogP contribution in [0.5, 0.6) is 0 Å². The fourth-order valence-corrected chi connectivity index (χ4v) is 3.70. The molecule has 0 aromatic carbocycles. The van der Waals surface area contributed by atoms with Gasteiger partial charge in [0.1, 0.15) is 0 Å². The van der Waals surface area contributed by atoms with Crippen LogP contribution in [-0.4, -0.2) is 36.5 Å². The van der Waals surface area contributed by atoms with E-state index >= 15 is 0 Å². The molecule has 3 atom stereocenters. The number of rotatable bonds is 8. The number of nitrogens with zero attached hydrogens (tertiary/aromatic N) is 1. The molecule has 2 rings (SSSR count). The van der Waals surface area contributed by atoms with Gasteiger partial charge in [-0.05, 0) is 50.8 Å². The molecule has 0 bridgehead atoms. The van der Waals surface area contributed by atoms with Crippen molar-refractivity contribution in [2.24, 2.45) is 17.1 Å². The molecular formula is C22H45N3O. The van der Waals surface area contributed by atoms with Crippen LogP contribution < -0.4 is 11.1 Å². The van der Waals surface area contributed by atoms with Crippen LogP contribution in [-0.2, 0) is 4.79 Å². The van der Waals surface area contributed by atoms with E-state index in [9.17, 15) is 4.79 Å². The first kappa shape index (κ1) is 24.9. The molecule has 3 N–H and O–H groups in total. The summed E-state index contributed by atoms with van der Waals surface area (Å²) in [5.41, 5.74) is 8.18. The lowest BCUT2D eigenvalue weighted by Crippen LogP contribution is -2.44. The van der Waals surface area contributed by atoms with Crippen LogP contribution in [0.15, 0.2) is 23.4 Å². The number of fused-ring (bicyclic) bond motifs is 1. The predicted octanol–water partition coefficient (Wildman–Crippen LogP) is 4.72. The maximum absolute atomic E-state index is 12.5. The lowest BCUT2D eigenvalue weighted by Gasteiger charge is -2.30. The van der Waals surface area contributed by atoms with Crippen LogP contribution in [0.2, 0.25) is 0 Å². The van der Waals surface area contributed by atoms with E-state index < -0.39 is 0 Å². The molecule has 26 heavy (non-hydrogen) atoms. The van der Waals surface area contributed by atoms with Crippen LogP contribution >= 0.6 is 0 Å². The van der Waals surface area contributed by atoms with Gasteiger partial charge in [0.15, 0.2) is 0 Å².